The highest BCUT2D eigenvalue weighted by atomic mass is 16.1. The van der Waals surface area contributed by atoms with Crippen LogP contribution in [0.4, 0.5) is 5.69 Å². The van der Waals surface area contributed by atoms with Gasteiger partial charge >= 0.3 is 0 Å². The van der Waals surface area contributed by atoms with E-state index in [2.05, 4.69) is 28.0 Å². The Hall–Kier alpha value is -2.63. The predicted octanol–water partition coefficient (Wildman–Crippen LogP) is 3.61. The maximum Gasteiger partial charge on any atom is 0.224 e. The Kier molecular flexibility index (Phi) is 5.11. The molecule has 1 amide bonds. The Bertz CT molecular complexity index is 935. The summed E-state index contributed by atoms with van der Waals surface area (Å²) in [5, 5.41) is 7.47. The highest BCUT2D eigenvalue weighted by Crippen LogP contribution is 2.21. The normalized spacial score (nSPS) is 11.5. The fourth-order valence-corrected chi connectivity index (χ4v) is 3.24. The molecule has 3 aromatic rings. The molecule has 0 aliphatic rings. The van der Waals surface area contributed by atoms with Crippen LogP contribution < -0.4 is 5.32 Å². The number of aryl methyl sites for hydroxylation is 5. The van der Waals surface area contributed by atoms with E-state index in [1.165, 1.54) is 0 Å². The number of amides is 1. The van der Waals surface area contributed by atoms with Crippen LogP contribution >= 0.6 is 0 Å². The van der Waals surface area contributed by atoms with Gasteiger partial charge in [-0.1, -0.05) is 13.8 Å². The van der Waals surface area contributed by atoms with Gasteiger partial charge < -0.3 is 9.88 Å². The fourth-order valence-electron chi connectivity index (χ4n) is 3.24. The molecule has 6 nitrogen and oxygen atoms in total. The van der Waals surface area contributed by atoms with Crippen LogP contribution in [0.2, 0.25) is 0 Å². The van der Waals surface area contributed by atoms with Crippen molar-refractivity contribution in [2.75, 3.05) is 5.32 Å². The van der Waals surface area contributed by atoms with Crippen LogP contribution in [0, 0.1) is 19.8 Å². The van der Waals surface area contributed by atoms with Gasteiger partial charge in [-0.25, -0.2) is 4.98 Å². The molecule has 6 heteroatoms. The third kappa shape index (κ3) is 3.95. The molecule has 0 aliphatic carbocycles. The molecule has 0 saturated heterocycles. The minimum atomic E-state index is 0.0417. The lowest BCUT2D eigenvalue weighted by Gasteiger charge is -2.07. The van der Waals surface area contributed by atoms with Gasteiger partial charge in [-0.15, -0.1) is 0 Å². The summed E-state index contributed by atoms with van der Waals surface area (Å²) in [4.78, 5) is 16.7. The maximum atomic E-state index is 12.0. The maximum absolute atomic E-state index is 12.0. The van der Waals surface area contributed by atoms with Gasteiger partial charge in [0.2, 0.25) is 5.91 Å². The zero-order valence-electron chi connectivity index (χ0n) is 16.2. The van der Waals surface area contributed by atoms with Gasteiger partial charge in [-0.3, -0.25) is 9.48 Å². The molecule has 1 N–H and O–H groups in total. The summed E-state index contributed by atoms with van der Waals surface area (Å²) in [6.45, 7) is 8.96. The van der Waals surface area contributed by atoms with Crippen LogP contribution in [0.5, 0.6) is 0 Å². The van der Waals surface area contributed by atoms with Crippen molar-refractivity contribution >= 4 is 22.6 Å². The van der Waals surface area contributed by atoms with Crippen molar-refractivity contribution in [1.29, 1.82) is 0 Å². The summed E-state index contributed by atoms with van der Waals surface area (Å²) in [5.74, 6) is 1.40. The topological polar surface area (TPSA) is 64.7 Å². The van der Waals surface area contributed by atoms with Gasteiger partial charge in [0.25, 0.3) is 0 Å². The van der Waals surface area contributed by atoms with E-state index < -0.39 is 0 Å². The lowest BCUT2D eigenvalue weighted by atomic mass is 10.1. The number of carbonyl (C=O) groups is 1. The second-order valence-corrected chi connectivity index (χ2v) is 7.34. The van der Waals surface area contributed by atoms with Crippen molar-refractivity contribution in [2.24, 2.45) is 13.0 Å². The molecule has 0 unspecified atom stereocenters. The summed E-state index contributed by atoms with van der Waals surface area (Å²) in [7, 11) is 2.03. The van der Waals surface area contributed by atoms with E-state index in [1.54, 1.807) is 0 Å². The number of nitrogens with one attached hydrogen (secondary N) is 1. The Labute approximate surface area is 154 Å². The number of aromatic nitrogens is 4. The smallest absolute Gasteiger partial charge is 0.224 e. The Morgan fingerprint density at radius 3 is 2.65 bits per heavy atom. The first-order valence-electron chi connectivity index (χ1n) is 9.09. The van der Waals surface area contributed by atoms with Crippen molar-refractivity contribution < 1.29 is 4.79 Å². The van der Waals surface area contributed by atoms with Crippen molar-refractivity contribution in [1.82, 2.24) is 19.3 Å². The monoisotopic (exact) mass is 353 g/mol. The number of nitrogens with zero attached hydrogens (tertiary/aromatic N) is 4. The van der Waals surface area contributed by atoms with Gasteiger partial charge in [-0.05, 0) is 44.0 Å². The number of hydrogen-bond donors (Lipinski definition) is 1. The summed E-state index contributed by atoms with van der Waals surface area (Å²) < 4.78 is 4.13. The highest BCUT2D eigenvalue weighted by molar-refractivity contribution is 5.93. The highest BCUT2D eigenvalue weighted by Gasteiger charge is 2.11. The zero-order chi connectivity index (χ0) is 18.8. The first-order chi connectivity index (χ1) is 12.3. The van der Waals surface area contributed by atoms with E-state index >= 15 is 0 Å². The standard InChI is InChI=1S/C20H27N5O/c1-13(2)10-20(26)21-16-6-7-18-17(12-16)22-19(24(18)5)8-9-25-15(4)11-14(3)23-25/h6-7,11-13H,8-10H2,1-5H3,(H,21,26). The fraction of sp³-hybridized carbons (Fsp3) is 0.450. The molecule has 0 saturated carbocycles. The summed E-state index contributed by atoms with van der Waals surface area (Å²) in [6, 6.07) is 7.98. The van der Waals surface area contributed by atoms with Gasteiger partial charge in [-0.2, -0.15) is 5.10 Å². The predicted molar refractivity (Wildman–Crippen MR) is 104 cm³/mol. The number of carbonyl (C=O) groups excluding carboxylic acids is 1. The quantitative estimate of drug-likeness (QED) is 0.736. The first kappa shape index (κ1) is 18.2. The average molecular weight is 353 g/mol. The Morgan fingerprint density at radius 2 is 2.00 bits per heavy atom. The third-order valence-corrected chi connectivity index (χ3v) is 4.50. The van der Waals surface area contributed by atoms with Gasteiger partial charge in [0.15, 0.2) is 0 Å². The molecular weight excluding hydrogens is 326 g/mol. The lowest BCUT2D eigenvalue weighted by Crippen LogP contribution is -2.13. The lowest BCUT2D eigenvalue weighted by molar-refractivity contribution is -0.116. The largest absolute Gasteiger partial charge is 0.331 e. The van der Waals surface area contributed by atoms with Gasteiger partial charge in [0.1, 0.15) is 5.82 Å². The molecule has 0 spiro atoms. The van der Waals surface area contributed by atoms with E-state index in [9.17, 15) is 4.79 Å². The van der Waals surface area contributed by atoms with Crippen molar-refractivity contribution in [3.8, 4) is 0 Å². The number of hydrogen-bond acceptors (Lipinski definition) is 3. The van der Waals surface area contributed by atoms with Crippen LogP contribution in [-0.4, -0.2) is 25.2 Å². The van der Waals surface area contributed by atoms with Crippen LogP contribution in [-0.2, 0) is 24.8 Å². The zero-order valence-corrected chi connectivity index (χ0v) is 16.2. The molecule has 0 fully saturated rings. The number of anilines is 1. The minimum Gasteiger partial charge on any atom is -0.331 e. The van der Waals surface area contributed by atoms with E-state index in [1.807, 2.05) is 50.7 Å². The van der Waals surface area contributed by atoms with Crippen molar-refractivity contribution in [2.45, 2.75) is 47.1 Å². The Balaban J connectivity index is 1.76. The molecule has 2 heterocycles. The van der Waals surface area contributed by atoms with Crippen LogP contribution in [0.1, 0.15) is 37.5 Å². The Morgan fingerprint density at radius 1 is 1.23 bits per heavy atom. The summed E-state index contributed by atoms with van der Waals surface area (Å²) in [6.07, 6.45) is 1.33. The summed E-state index contributed by atoms with van der Waals surface area (Å²) >= 11 is 0. The number of benzene rings is 1. The van der Waals surface area contributed by atoms with Crippen LogP contribution in [0.25, 0.3) is 11.0 Å². The van der Waals surface area contributed by atoms with E-state index in [0.29, 0.717) is 12.3 Å². The van der Waals surface area contributed by atoms with E-state index in [0.717, 1.165) is 46.9 Å². The molecule has 0 aliphatic heterocycles. The van der Waals surface area contributed by atoms with E-state index in [4.69, 9.17) is 4.98 Å². The van der Waals surface area contributed by atoms with Crippen molar-refractivity contribution in [3.05, 3.63) is 41.5 Å². The molecule has 1 aromatic carbocycles. The molecule has 3 rings (SSSR count). The molecule has 0 radical (unpaired) electrons. The minimum absolute atomic E-state index is 0.0417. The molecule has 0 atom stereocenters. The summed E-state index contributed by atoms with van der Waals surface area (Å²) in [5.41, 5.74) is 4.96. The average Bonchev–Trinajstić information content (AvgIpc) is 3.03. The number of rotatable bonds is 6. The molecular formula is C20H27N5O. The van der Waals surface area contributed by atoms with Gasteiger partial charge in [0, 0.05) is 37.8 Å². The third-order valence-electron chi connectivity index (χ3n) is 4.50. The second kappa shape index (κ2) is 7.32. The van der Waals surface area contributed by atoms with Crippen LogP contribution in [0.3, 0.4) is 0 Å². The van der Waals surface area contributed by atoms with Crippen LogP contribution in [0.15, 0.2) is 24.3 Å². The first-order valence-corrected chi connectivity index (χ1v) is 9.09. The van der Waals surface area contributed by atoms with Gasteiger partial charge in [0.05, 0.1) is 16.7 Å². The van der Waals surface area contributed by atoms with E-state index in [-0.39, 0.29) is 5.91 Å². The molecule has 138 valence electrons. The molecule has 2 aromatic heterocycles. The number of fused-ring (bicyclic) bond motifs is 1. The number of imidazole rings is 1. The SMILES string of the molecule is Cc1cc(C)n(CCc2nc3cc(NC(=O)CC(C)C)ccc3n2C)n1. The van der Waals surface area contributed by atoms with Crippen molar-refractivity contribution in [3.63, 3.8) is 0 Å². The second-order valence-electron chi connectivity index (χ2n) is 7.34. The molecule has 26 heavy (non-hydrogen) atoms. The molecule has 0 bridgehead atoms.